The summed E-state index contributed by atoms with van der Waals surface area (Å²) in [6, 6.07) is 10.5. The van der Waals surface area contributed by atoms with Crippen LogP contribution >= 0.6 is 15.9 Å². The van der Waals surface area contributed by atoms with E-state index in [0.717, 1.165) is 21.1 Å². The highest BCUT2D eigenvalue weighted by molar-refractivity contribution is 9.10. The van der Waals surface area contributed by atoms with E-state index in [1.165, 1.54) is 6.26 Å². The molecule has 0 fully saturated rings. The van der Waals surface area contributed by atoms with Gasteiger partial charge in [0.15, 0.2) is 15.5 Å². The van der Waals surface area contributed by atoms with Crippen LogP contribution in [-0.4, -0.2) is 41.6 Å². The highest BCUT2D eigenvalue weighted by Crippen LogP contribution is 2.32. The predicted molar refractivity (Wildman–Crippen MR) is 106 cm³/mol. The van der Waals surface area contributed by atoms with Gasteiger partial charge in [-0.3, -0.25) is 4.79 Å². The minimum absolute atomic E-state index is 0.155. The third-order valence-corrected chi connectivity index (χ3v) is 6.57. The highest BCUT2D eigenvalue weighted by atomic mass is 79.9. The maximum absolute atomic E-state index is 13.1. The number of aromatic nitrogens is 2. The average molecular weight is 448 g/mol. The summed E-state index contributed by atoms with van der Waals surface area (Å²) >= 11 is 3.40. The maximum Gasteiger partial charge on any atom is 0.274 e. The van der Waals surface area contributed by atoms with Crippen molar-refractivity contribution >= 4 is 37.2 Å². The fourth-order valence-electron chi connectivity index (χ4n) is 3.51. The van der Waals surface area contributed by atoms with Crippen LogP contribution in [0.1, 0.15) is 34.6 Å². The summed E-state index contributed by atoms with van der Waals surface area (Å²) in [4.78, 5) is 15.1. The Bertz CT molecular complexity index is 1170. The fourth-order valence-corrected chi connectivity index (χ4v) is 4.50. The Kier molecular flexibility index (Phi) is 4.35. The van der Waals surface area contributed by atoms with Crippen molar-refractivity contribution < 1.29 is 13.2 Å². The van der Waals surface area contributed by atoms with Crippen LogP contribution in [0.4, 0.5) is 0 Å². The van der Waals surface area contributed by atoms with E-state index in [2.05, 4.69) is 21.0 Å². The van der Waals surface area contributed by atoms with Crippen molar-refractivity contribution in [2.75, 3.05) is 12.8 Å². The number of rotatable bonds is 2. The first-order valence-electron chi connectivity index (χ1n) is 8.53. The molecule has 0 aliphatic carbocycles. The van der Waals surface area contributed by atoms with E-state index in [9.17, 15) is 13.2 Å². The molecule has 8 heteroatoms. The fraction of sp³-hybridized carbons (Fsp3) is 0.263. The summed E-state index contributed by atoms with van der Waals surface area (Å²) in [5.41, 5.74) is 3.18. The first kappa shape index (κ1) is 18.2. The molecule has 3 heterocycles. The van der Waals surface area contributed by atoms with Gasteiger partial charge in [0.05, 0.1) is 16.5 Å². The first-order valence-corrected chi connectivity index (χ1v) is 11.2. The molecule has 27 heavy (non-hydrogen) atoms. The number of amides is 1. The summed E-state index contributed by atoms with van der Waals surface area (Å²) in [6.45, 7) is 2.50. The van der Waals surface area contributed by atoms with Crippen LogP contribution in [-0.2, 0) is 16.3 Å². The first-order chi connectivity index (χ1) is 12.7. The number of hydrogen-bond acceptors (Lipinski definition) is 4. The Balaban J connectivity index is 1.69. The van der Waals surface area contributed by atoms with Crippen LogP contribution in [0.2, 0.25) is 0 Å². The summed E-state index contributed by atoms with van der Waals surface area (Å²) in [7, 11) is -3.29. The second-order valence-corrected chi connectivity index (χ2v) is 9.74. The van der Waals surface area contributed by atoms with Gasteiger partial charge in [0.2, 0.25) is 0 Å². The van der Waals surface area contributed by atoms with E-state index in [1.807, 2.05) is 25.1 Å². The van der Waals surface area contributed by atoms with Crippen molar-refractivity contribution in [3.63, 3.8) is 0 Å². The molecule has 1 aromatic carbocycles. The van der Waals surface area contributed by atoms with Crippen molar-refractivity contribution in [3.8, 4) is 0 Å². The van der Waals surface area contributed by atoms with Gasteiger partial charge in [-0.15, -0.1) is 0 Å². The van der Waals surface area contributed by atoms with Crippen molar-refractivity contribution in [1.29, 1.82) is 0 Å². The van der Waals surface area contributed by atoms with Gasteiger partial charge in [0, 0.05) is 23.5 Å². The lowest BCUT2D eigenvalue weighted by atomic mass is 9.93. The number of carbonyl (C=O) groups is 1. The molecule has 1 aliphatic rings. The van der Waals surface area contributed by atoms with Gasteiger partial charge in [-0.25, -0.2) is 12.9 Å². The molecule has 6 nitrogen and oxygen atoms in total. The lowest BCUT2D eigenvalue weighted by molar-refractivity contribution is 0.0671. The van der Waals surface area contributed by atoms with Crippen LogP contribution in [0.25, 0.3) is 5.52 Å². The molecule has 0 saturated heterocycles. The number of fused-ring (bicyclic) bond motifs is 2. The van der Waals surface area contributed by atoms with Crippen LogP contribution < -0.4 is 0 Å². The summed E-state index contributed by atoms with van der Waals surface area (Å²) in [6.07, 6.45) is 3.69. The zero-order valence-corrected chi connectivity index (χ0v) is 17.3. The number of sulfone groups is 1. The maximum atomic E-state index is 13.1. The lowest BCUT2D eigenvalue weighted by Gasteiger charge is -2.35. The molecule has 0 saturated carbocycles. The molecule has 2 aromatic heterocycles. The van der Waals surface area contributed by atoms with Crippen LogP contribution in [0.5, 0.6) is 0 Å². The van der Waals surface area contributed by atoms with Gasteiger partial charge < -0.3 is 4.90 Å². The Labute approximate surface area is 165 Å². The van der Waals surface area contributed by atoms with E-state index in [-0.39, 0.29) is 16.8 Å². The van der Waals surface area contributed by atoms with E-state index < -0.39 is 9.84 Å². The predicted octanol–water partition coefficient (Wildman–Crippen LogP) is 3.26. The second-order valence-electron chi connectivity index (χ2n) is 6.80. The Hall–Kier alpha value is -2.19. The van der Waals surface area contributed by atoms with Gasteiger partial charge >= 0.3 is 0 Å². The van der Waals surface area contributed by atoms with Gasteiger partial charge in [0.25, 0.3) is 5.91 Å². The standard InChI is InChI=1S/C19H18BrN3O3S/c1-12-17-10-16(27(2,25)26)6-3-13(17)7-8-22(12)19(24)18-9-15-5-4-14(20)11-23(15)21-18/h3-6,9-12H,7-8H2,1-2H3. The molecule has 0 spiro atoms. The van der Waals surface area contributed by atoms with Crippen molar-refractivity contribution in [2.45, 2.75) is 24.3 Å². The molecule has 4 rings (SSSR count). The zero-order chi connectivity index (χ0) is 19.3. The topological polar surface area (TPSA) is 71.8 Å². The van der Waals surface area contributed by atoms with Gasteiger partial charge in [-0.2, -0.15) is 5.10 Å². The number of halogens is 1. The highest BCUT2D eigenvalue weighted by Gasteiger charge is 2.30. The molecule has 0 bridgehead atoms. The zero-order valence-electron chi connectivity index (χ0n) is 14.9. The number of nitrogens with zero attached hydrogens (tertiary/aromatic N) is 3. The number of pyridine rings is 1. The molecule has 140 valence electrons. The third kappa shape index (κ3) is 3.27. The number of hydrogen-bond donors (Lipinski definition) is 0. The number of benzene rings is 1. The van der Waals surface area contributed by atoms with Crippen LogP contribution in [0.15, 0.2) is 52.0 Å². The quantitative estimate of drug-likeness (QED) is 0.604. The summed E-state index contributed by atoms with van der Waals surface area (Å²) < 4.78 is 26.3. The van der Waals surface area contributed by atoms with E-state index in [4.69, 9.17) is 0 Å². The van der Waals surface area contributed by atoms with Crippen molar-refractivity contribution in [2.24, 2.45) is 0 Å². The Morgan fingerprint density at radius 3 is 2.74 bits per heavy atom. The molecule has 1 aliphatic heterocycles. The SMILES string of the molecule is CC1c2cc(S(C)(=O)=O)ccc2CCN1C(=O)c1cc2ccc(Br)cn2n1. The van der Waals surface area contributed by atoms with E-state index >= 15 is 0 Å². The van der Waals surface area contributed by atoms with Crippen LogP contribution in [0.3, 0.4) is 0 Å². The Morgan fingerprint density at radius 1 is 1.22 bits per heavy atom. The normalized spacial score (nSPS) is 17.1. The molecular formula is C19H18BrN3O3S. The van der Waals surface area contributed by atoms with Gasteiger partial charge in [-0.1, -0.05) is 6.07 Å². The minimum Gasteiger partial charge on any atom is -0.330 e. The number of carbonyl (C=O) groups excluding carboxylic acids is 1. The largest absolute Gasteiger partial charge is 0.330 e. The monoisotopic (exact) mass is 447 g/mol. The molecule has 1 unspecified atom stereocenters. The van der Waals surface area contributed by atoms with Crippen molar-refractivity contribution in [1.82, 2.24) is 14.5 Å². The average Bonchev–Trinajstić information content (AvgIpc) is 3.03. The summed E-state index contributed by atoms with van der Waals surface area (Å²) in [5, 5.41) is 4.40. The molecule has 0 N–H and O–H groups in total. The lowest BCUT2D eigenvalue weighted by Crippen LogP contribution is -2.39. The smallest absolute Gasteiger partial charge is 0.274 e. The third-order valence-electron chi connectivity index (χ3n) is 4.99. The van der Waals surface area contributed by atoms with Crippen molar-refractivity contribution in [3.05, 3.63) is 63.9 Å². The van der Waals surface area contributed by atoms with Gasteiger partial charge in [-0.05, 0) is 70.7 Å². The summed E-state index contributed by atoms with van der Waals surface area (Å²) in [5.74, 6) is -0.155. The van der Waals surface area contributed by atoms with Gasteiger partial charge in [0.1, 0.15) is 0 Å². The molecule has 1 atom stereocenters. The second kappa shape index (κ2) is 6.45. The molecule has 1 amide bonds. The molecule has 0 radical (unpaired) electrons. The molecule has 3 aromatic rings. The van der Waals surface area contributed by atoms with Crippen LogP contribution in [0, 0.1) is 0 Å². The van der Waals surface area contributed by atoms with E-state index in [0.29, 0.717) is 18.7 Å². The minimum atomic E-state index is -3.29. The molecular weight excluding hydrogens is 430 g/mol. The van der Waals surface area contributed by atoms with E-state index in [1.54, 1.807) is 33.8 Å². The Morgan fingerprint density at radius 2 is 2.00 bits per heavy atom.